The maximum Gasteiger partial charge on any atom is 0.225 e. The predicted molar refractivity (Wildman–Crippen MR) is 71.4 cm³/mol. The van der Waals surface area contributed by atoms with Gasteiger partial charge < -0.3 is 10.4 Å². The molecule has 1 fully saturated rings. The van der Waals surface area contributed by atoms with Crippen molar-refractivity contribution < 1.29 is 9.90 Å². The van der Waals surface area contributed by atoms with Crippen LogP contribution in [0.15, 0.2) is 30.3 Å². The molecule has 4 heteroatoms. The number of rotatable bonds is 5. The predicted octanol–water partition coefficient (Wildman–Crippen LogP) is 1.47. The zero-order chi connectivity index (χ0) is 13.0. The number of hydrogen-bond donors (Lipinski definition) is 2. The lowest BCUT2D eigenvalue weighted by Gasteiger charge is -2.46. The van der Waals surface area contributed by atoms with Gasteiger partial charge in [-0.15, -0.1) is 0 Å². The van der Waals surface area contributed by atoms with Gasteiger partial charge in [0.2, 0.25) is 5.91 Å². The fourth-order valence-electron chi connectivity index (χ4n) is 2.17. The van der Waals surface area contributed by atoms with Crippen molar-refractivity contribution in [1.29, 1.82) is 0 Å². The van der Waals surface area contributed by atoms with Crippen molar-refractivity contribution >= 4 is 11.6 Å². The molecule has 0 radical (unpaired) electrons. The van der Waals surface area contributed by atoms with Crippen LogP contribution in [-0.2, 0) is 4.79 Å². The Morgan fingerprint density at radius 2 is 2.06 bits per heavy atom. The summed E-state index contributed by atoms with van der Waals surface area (Å²) in [6.45, 7) is 4.06. The number of benzene rings is 1. The van der Waals surface area contributed by atoms with E-state index in [4.69, 9.17) is 0 Å². The first kappa shape index (κ1) is 13.1. The molecule has 18 heavy (non-hydrogen) atoms. The van der Waals surface area contributed by atoms with Crippen molar-refractivity contribution in [2.24, 2.45) is 0 Å². The van der Waals surface area contributed by atoms with Crippen LogP contribution in [0, 0.1) is 0 Å². The van der Waals surface area contributed by atoms with E-state index in [-0.39, 0.29) is 5.91 Å². The van der Waals surface area contributed by atoms with Gasteiger partial charge in [-0.05, 0) is 18.6 Å². The molecule has 1 aliphatic heterocycles. The molecule has 4 nitrogen and oxygen atoms in total. The summed E-state index contributed by atoms with van der Waals surface area (Å²) in [5.41, 5.74) is 0.312. The summed E-state index contributed by atoms with van der Waals surface area (Å²) >= 11 is 0. The van der Waals surface area contributed by atoms with Gasteiger partial charge in [0.25, 0.3) is 0 Å². The topological polar surface area (TPSA) is 52.6 Å². The smallest absolute Gasteiger partial charge is 0.225 e. The van der Waals surface area contributed by atoms with Crippen LogP contribution in [0.2, 0.25) is 0 Å². The third-order valence-electron chi connectivity index (χ3n) is 3.41. The second-order valence-corrected chi connectivity index (χ2v) is 4.95. The first-order valence-electron chi connectivity index (χ1n) is 6.41. The molecule has 2 rings (SSSR count). The average Bonchev–Trinajstić information content (AvgIpc) is 2.34. The molecular weight excluding hydrogens is 228 g/mol. The Kier molecular flexibility index (Phi) is 3.99. The SMILES string of the molecule is CCC1(O)CN(CCC(=O)Nc2ccccc2)C1. The number of amides is 1. The molecule has 0 atom stereocenters. The first-order valence-corrected chi connectivity index (χ1v) is 6.41. The van der Waals surface area contributed by atoms with Crippen LogP contribution < -0.4 is 5.32 Å². The Bertz CT molecular complexity index is 400. The van der Waals surface area contributed by atoms with Crippen molar-refractivity contribution in [3.8, 4) is 0 Å². The number of nitrogens with zero attached hydrogens (tertiary/aromatic N) is 1. The number of hydrogen-bond acceptors (Lipinski definition) is 3. The highest BCUT2D eigenvalue weighted by Gasteiger charge is 2.38. The Hall–Kier alpha value is -1.39. The van der Waals surface area contributed by atoms with Crippen molar-refractivity contribution in [2.75, 3.05) is 25.0 Å². The molecule has 0 unspecified atom stereocenters. The van der Waals surface area contributed by atoms with E-state index in [1.54, 1.807) is 0 Å². The van der Waals surface area contributed by atoms with Crippen LogP contribution in [0.25, 0.3) is 0 Å². The van der Waals surface area contributed by atoms with Gasteiger partial charge in [0.05, 0.1) is 5.60 Å². The third kappa shape index (κ3) is 3.31. The summed E-state index contributed by atoms with van der Waals surface area (Å²) < 4.78 is 0. The van der Waals surface area contributed by atoms with Crippen molar-refractivity contribution in [2.45, 2.75) is 25.4 Å². The number of nitrogens with one attached hydrogen (secondary N) is 1. The lowest BCUT2D eigenvalue weighted by atomic mass is 9.91. The highest BCUT2D eigenvalue weighted by atomic mass is 16.3. The largest absolute Gasteiger partial charge is 0.387 e. The van der Waals surface area contributed by atoms with Crippen LogP contribution in [-0.4, -0.2) is 41.1 Å². The number of β-amino-alcohol motifs (C(OH)–C–C–N with tert-alkyl or cyclic N) is 1. The fraction of sp³-hybridized carbons (Fsp3) is 0.500. The second kappa shape index (κ2) is 5.50. The normalized spacial score (nSPS) is 18.1. The van der Waals surface area contributed by atoms with E-state index in [2.05, 4.69) is 10.2 Å². The zero-order valence-corrected chi connectivity index (χ0v) is 10.7. The summed E-state index contributed by atoms with van der Waals surface area (Å²) in [5, 5.41) is 12.7. The quantitative estimate of drug-likeness (QED) is 0.829. The maximum atomic E-state index is 11.7. The fourth-order valence-corrected chi connectivity index (χ4v) is 2.17. The number of likely N-dealkylation sites (tertiary alicyclic amines) is 1. The Morgan fingerprint density at radius 1 is 1.39 bits per heavy atom. The Balaban J connectivity index is 1.68. The molecule has 1 saturated heterocycles. The summed E-state index contributed by atoms with van der Waals surface area (Å²) in [6.07, 6.45) is 1.24. The number of aliphatic hydroxyl groups is 1. The highest BCUT2D eigenvalue weighted by Crippen LogP contribution is 2.23. The zero-order valence-electron chi connectivity index (χ0n) is 10.7. The third-order valence-corrected chi connectivity index (χ3v) is 3.41. The molecule has 1 aliphatic rings. The lowest BCUT2D eigenvalue weighted by Crippen LogP contribution is -2.61. The van der Waals surface area contributed by atoms with E-state index in [1.165, 1.54) is 0 Å². The van der Waals surface area contributed by atoms with Crippen LogP contribution in [0.3, 0.4) is 0 Å². The van der Waals surface area contributed by atoms with E-state index < -0.39 is 5.60 Å². The lowest BCUT2D eigenvalue weighted by molar-refractivity contribution is -0.121. The van der Waals surface area contributed by atoms with Gasteiger partial charge >= 0.3 is 0 Å². The van der Waals surface area contributed by atoms with Crippen LogP contribution in [0.5, 0.6) is 0 Å². The van der Waals surface area contributed by atoms with Crippen molar-refractivity contribution in [1.82, 2.24) is 4.90 Å². The summed E-state index contributed by atoms with van der Waals surface area (Å²) in [7, 11) is 0. The molecule has 0 aromatic heterocycles. The minimum absolute atomic E-state index is 0.0214. The Morgan fingerprint density at radius 3 is 2.67 bits per heavy atom. The van der Waals surface area contributed by atoms with E-state index >= 15 is 0 Å². The summed E-state index contributed by atoms with van der Waals surface area (Å²) in [6, 6.07) is 9.45. The van der Waals surface area contributed by atoms with Crippen molar-refractivity contribution in [3.63, 3.8) is 0 Å². The molecule has 98 valence electrons. The molecule has 0 aliphatic carbocycles. The molecule has 1 aromatic rings. The molecule has 1 aromatic carbocycles. The van der Waals surface area contributed by atoms with E-state index in [0.717, 1.165) is 12.1 Å². The number of carbonyl (C=O) groups excluding carboxylic acids is 1. The highest BCUT2D eigenvalue weighted by molar-refractivity contribution is 5.90. The van der Waals surface area contributed by atoms with Gasteiger partial charge in [0.15, 0.2) is 0 Å². The second-order valence-electron chi connectivity index (χ2n) is 4.95. The van der Waals surface area contributed by atoms with E-state index in [0.29, 0.717) is 26.1 Å². The average molecular weight is 248 g/mol. The van der Waals surface area contributed by atoms with Crippen LogP contribution in [0.4, 0.5) is 5.69 Å². The van der Waals surface area contributed by atoms with Gasteiger partial charge in [-0.1, -0.05) is 25.1 Å². The summed E-state index contributed by atoms with van der Waals surface area (Å²) in [5.74, 6) is 0.0214. The molecule has 1 amide bonds. The molecule has 0 saturated carbocycles. The minimum atomic E-state index is -0.518. The number of carbonyl (C=O) groups is 1. The standard InChI is InChI=1S/C14H20N2O2/c1-2-14(18)10-16(11-14)9-8-13(17)15-12-6-4-3-5-7-12/h3-7,18H,2,8-11H2,1H3,(H,15,17). The van der Waals surface area contributed by atoms with Gasteiger partial charge in [0, 0.05) is 31.7 Å². The minimum Gasteiger partial charge on any atom is -0.387 e. The molecule has 2 N–H and O–H groups in total. The Labute approximate surface area is 108 Å². The first-order chi connectivity index (χ1) is 8.61. The molecule has 0 spiro atoms. The molecule has 0 bridgehead atoms. The van der Waals surface area contributed by atoms with Gasteiger partial charge in [-0.25, -0.2) is 0 Å². The summed E-state index contributed by atoms with van der Waals surface area (Å²) in [4.78, 5) is 13.8. The number of para-hydroxylation sites is 1. The number of anilines is 1. The van der Waals surface area contributed by atoms with Gasteiger partial charge in [-0.2, -0.15) is 0 Å². The van der Waals surface area contributed by atoms with Crippen LogP contribution >= 0.6 is 0 Å². The van der Waals surface area contributed by atoms with Gasteiger partial charge in [0.1, 0.15) is 0 Å². The molecular formula is C14H20N2O2. The van der Waals surface area contributed by atoms with Crippen molar-refractivity contribution in [3.05, 3.63) is 30.3 Å². The monoisotopic (exact) mass is 248 g/mol. The van der Waals surface area contributed by atoms with Crippen LogP contribution in [0.1, 0.15) is 19.8 Å². The van der Waals surface area contributed by atoms with Gasteiger partial charge in [-0.3, -0.25) is 9.69 Å². The van der Waals surface area contributed by atoms with E-state index in [9.17, 15) is 9.90 Å². The molecule has 1 heterocycles. The maximum absolute atomic E-state index is 11.7. The van der Waals surface area contributed by atoms with E-state index in [1.807, 2.05) is 37.3 Å².